The zero-order chi connectivity index (χ0) is 10.0. The van der Waals surface area contributed by atoms with Crippen LogP contribution in [0.2, 0.25) is 0 Å². The molecular formula is C6H12N4O3. The SMILES string of the molecule is NC[C@@H](O)C1N=C(N)N[C@@H]1C(=O)O. The maximum Gasteiger partial charge on any atom is 0.328 e. The third-order valence-corrected chi connectivity index (χ3v) is 1.83. The van der Waals surface area contributed by atoms with E-state index in [1.54, 1.807) is 0 Å². The molecule has 7 heteroatoms. The lowest BCUT2D eigenvalue weighted by Crippen LogP contribution is -2.49. The summed E-state index contributed by atoms with van der Waals surface area (Å²) >= 11 is 0. The van der Waals surface area contributed by atoms with Gasteiger partial charge in [-0.05, 0) is 0 Å². The van der Waals surface area contributed by atoms with E-state index in [1.807, 2.05) is 0 Å². The van der Waals surface area contributed by atoms with Crippen LogP contribution in [0.4, 0.5) is 0 Å². The van der Waals surface area contributed by atoms with Crippen LogP contribution in [0, 0.1) is 0 Å². The molecule has 7 nitrogen and oxygen atoms in total. The Morgan fingerprint density at radius 3 is 2.85 bits per heavy atom. The highest BCUT2D eigenvalue weighted by Gasteiger charge is 2.37. The first kappa shape index (κ1) is 9.75. The maximum atomic E-state index is 10.6. The monoisotopic (exact) mass is 188 g/mol. The molecule has 1 heterocycles. The summed E-state index contributed by atoms with van der Waals surface area (Å²) in [5.74, 6) is -1.09. The Morgan fingerprint density at radius 1 is 1.77 bits per heavy atom. The largest absolute Gasteiger partial charge is 0.480 e. The van der Waals surface area contributed by atoms with Gasteiger partial charge in [-0.15, -0.1) is 0 Å². The molecule has 13 heavy (non-hydrogen) atoms. The second-order valence-corrected chi connectivity index (χ2v) is 2.77. The number of rotatable bonds is 3. The summed E-state index contributed by atoms with van der Waals surface area (Å²) in [4.78, 5) is 14.4. The number of carbonyl (C=O) groups is 1. The van der Waals surface area contributed by atoms with Crippen molar-refractivity contribution in [2.75, 3.05) is 6.54 Å². The number of aliphatic hydroxyl groups is 1. The number of aliphatic carboxylic acids is 1. The van der Waals surface area contributed by atoms with E-state index in [4.69, 9.17) is 16.6 Å². The fraction of sp³-hybridized carbons (Fsp3) is 0.667. The molecule has 74 valence electrons. The molecule has 1 rings (SSSR count). The van der Waals surface area contributed by atoms with Crippen molar-refractivity contribution in [3.8, 4) is 0 Å². The Hall–Kier alpha value is -1.34. The number of guanidine groups is 1. The molecule has 0 bridgehead atoms. The van der Waals surface area contributed by atoms with Gasteiger partial charge in [-0.2, -0.15) is 0 Å². The Morgan fingerprint density at radius 2 is 2.38 bits per heavy atom. The van der Waals surface area contributed by atoms with Crippen LogP contribution in [0.1, 0.15) is 0 Å². The van der Waals surface area contributed by atoms with E-state index in [0.717, 1.165) is 0 Å². The fourth-order valence-electron chi connectivity index (χ4n) is 1.17. The Bertz CT molecular complexity index is 242. The molecule has 0 aromatic carbocycles. The minimum atomic E-state index is -1.11. The number of nitrogens with zero attached hydrogens (tertiary/aromatic N) is 1. The second kappa shape index (κ2) is 3.58. The summed E-state index contributed by atoms with van der Waals surface area (Å²) in [5, 5.41) is 20.4. The van der Waals surface area contributed by atoms with E-state index >= 15 is 0 Å². The first-order valence-corrected chi connectivity index (χ1v) is 3.77. The highest BCUT2D eigenvalue weighted by Crippen LogP contribution is 2.10. The van der Waals surface area contributed by atoms with Crippen molar-refractivity contribution in [1.82, 2.24) is 5.32 Å². The van der Waals surface area contributed by atoms with Gasteiger partial charge in [0.15, 0.2) is 12.0 Å². The van der Waals surface area contributed by atoms with Gasteiger partial charge in [0.05, 0.1) is 6.10 Å². The molecule has 0 radical (unpaired) electrons. The molecule has 0 aliphatic carbocycles. The van der Waals surface area contributed by atoms with Gasteiger partial charge in [0.1, 0.15) is 6.04 Å². The van der Waals surface area contributed by atoms with Crippen LogP contribution in [-0.2, 0) is 4.79 Å². The molecular weight excluding hydrogens is 176 g/mol. The average molecular weight is 188 g/mol. The van der Waals surface area contributed by atoms with Crippen molar-refractivity contribution in [2.45, 2.75) is 18.2 Å². The third-order valence-electron chi connectivity index (χ3n) is 1.83. The fourth-order valence-corrected chi connectivity index (χ4v) is 1.17. The van der Waals surface area contributed by atoms with Gasteiger partial charge < -0.3 is 27.0 Å². The zero-order valence-corrected chi connectivity index (χ0v) is 6.84. The van der Waals surface area contributed by atoms with E-state index in [2.05, 4.69) is 10.3 Å². The quantitative estimate of drug-likeness (QED) is 0.321. The Balaban J connectivity index is 2.74. The predicted octanol–water partition coefficient (Wildman–Crippen LogP) is -2.95. The van der Waals surface area contributed by atoms with Crippen LogP contribution in [-0.4, -0.2) is 46.9 Å². The van der Waals surface area contributed by atoms with E-state index in [-0.39, 0.29) is 12.5 Å². The number of hydrogen-bond acceptors (Lipinski definition) is 6. The van der Waals surface area contributed by atoms with E-state index < -0.39 is 24.2 Å². The first-order chi connectivity index (χ1) is 6.06. The summed E-state index contributed by atoms with van der Waals surface area (Å²) in [6, 6.07) is -1.79. The normalized spacial score (nSPS) is 29.2. The molecule has 0 fully saturated rings. The summed E-state index contributed by atoms with van der Waals surface area (Å²) in [6.07, 6.45) is -0.991. The molecule has 1 aliphatic heterocycles. The van der Waals surface area contributed by atoms with Gasteiger partial charge in [0, 0.05) is 6.54 Å². The number of aliphatic imine (C=N–C) groups is 1. The molecule has 3 atom stereocenters. The van der Waals surface area contributed by atoms with Crippen molar-refractivity contribution in [3.05, 3.63) is 0 Å². The van der Waals surface area contributed by atoms with Crippen molar-refractivity contribution in [1.29, 1.82) is 0 Å². The number of carboxylic acid groups (broad SMARTS) is 1. The third kappa shape index (κ3) is 1.87. The van der Waals surface area contributed by atoms with Crippen molar-refractivity contribution in [2.24, 2.45) is 16.5 Å². The second-order valence-electron chi connectivity index (χ2n) is 2.77. The smallest absolute Gasteiger partial charge is 0.328 e. The summed E-state index contributed by atoms with van der Waals surface area (Å²) in [7, 11) is 0. The first-order valence-electron chi connectivity index (χ1n) is 3.77. The highest BCUT2D eigenvalue weighted by atomic mass is 16.4. The van der Waals surface area contributed by atoms with E-state index in [0.29, 0.717) is 0 Å². The highest BCUT2D eigenvalue weighted by molar-refractivity contribution is 5.88. The molecule has 0 saturated heterocycles. The van der Waals surface area contributed by atoms with Gasteiger partial charge >= 0.3 is 5.97 Å². The molecule has 0 aromatic heterocycles. The lowest BCUT2D eigenvalue weighted by atomic mass is 10.0. The van der Waals surface area contributed by atoms with Crippen molar-refractivity contribution < 1.29 is 15.0 Å². The lowest BCUT2D eigenvalue weighted by molar-refractivity contribution is -0.140. The van der Waals surface area contributed by atoms with Crippen molar-refractivity contribution in [3.63, 3.8) is 0 Å². The molecule has 0 aromatic rings. The minimum Gasteiger partial charge on any atom is -0.480 e. The van der Waals surface area contributed by atoms with Gasteiger partial charge in [-0.3, -0.25) is 0 Å². The molecule has 7 N–H and O–H groups in total. The van der Waals surface area contributed by atoms with Crippen molar-refractivity contribution >= 4 is 11.9 Å². The van der Waals surface area contributed by atoms with Crippen LogP contribution in [0.3, 0.4) is 0 Å². The Kier molecular flexibility index (Phi) is 2.69. The van der Waals surface area contributed by atoms with Crippen LogP contribution >= 0.6 is 0 Å². The van der Waals surface area contributed by atoms with E-state index in [1.165, 1.54) is 0 Å². The van der Waals surface area contributed by atoms with Gasteiger partial charge in [0.25, 0.3) is 0 Å². The summed E-state index contributed by atoms with van der Waals surface area (Å²) < 4.78 is 0. The van der Waals surface area contributed by atoms with Gasteiger partial charge in [0.2, 0.25) is 0 Å². The van der Waals surface area contributed by atoms with Crippen LogP contribution in [0.25, 0.3) is 0 Å². The predicted molar refractivity (Wildman–Crippen MR) is 45.0 cm³/mol. The minimum absolute atomic E-state index is 0.0184. The summed E-state index contributed by atoms with van der Waals surface area (Å²) in [5.41, 5.74) is 10.4. The Labute approximate surface area is 74.4 Å². The maximum absolute atomic E-state index is 10.6. The van der Waals surface area contributed by atoms with Crippen LogP contribution in [0.5, 0.6) is 0 Å². The number of nitrogens with one attached hydrogen (secondary N) is 1. The molecule has 0 spiro atoms. The molecule has 0 amide bonds. The van der Waals surface area contributed by atoms with Gasteiger partial charge in [-0.1, -0.05) is 0 Å². The zero-order valence-electron chi connectivity index (χ0n) is 6.84. The molecule has 1 unspecified atom stereocenters. The number of nitrogens with two attached hydrogens (primary N) is 2. The van der Waals surface area contributed by atoms with Gasteiger partial charge in [-0.25, -0.2) is 9.79 Å². The average Bonchev–Trinajstić information content (AvgIpc) is 2.46. The summed E-state index contributed by atoms with van der Waals surface area (Å²) in [6.45, 7) is -0.0487. The molecule has 0 saturated carbocycles. The topological polar surface area (TPSA) is 134 Å². The standard InChI is InChI=1S/C6H12N4O3/c7-1-2(11)3-4(5(12)13)10-6(8)9-3/h2-4,11H,1,7H2,(H,12,13)(H3,8,9,10)/t2-,3?,4+/m1/s1. The lowest BCUT2D eigenvalue weighted by Gasteiger charge is -2.17. The van der Waals surface area contributed by atoms with Crippen LogP contribution < -0.4 is 16.8 Å². The number of hydrogen-bond donors (Lipinski definition) is 5. The number of aliphatic hydroxyl groups excluding tert-OH is 1. The number of carboxylic acids is 1. The molecule has 1 aliphatic rings. The van der Waals surface area contributed by atoms with E-state index in [9.17, 15) is 9.90 Å². The van der Waals surface area contributed by atoms with Crippen LogP contribution in [0.15, 0.2) is 4.99 Å².